The largest absolute Gasteiger partial charge is 0.397 e. The van der Waals surface area contributed by atoms with Crippen molar-refractivity contribution in [3.63, 3.8) is 0 Å². The Morgan fingerprint density at radius 2 is 1.82 bits per heavy atom. The van der Waals surface area contributed by atoms with Crippen molar-refractivity contribution in [1.82, 2.24) is 4.98 Å². The fourth-order valence-electron chi connectivity index (χ4n) is 1.40. The Hall–Kier alpha value is -1.58. The summed E-state index contributed by atoms with van der Waals surface area (Å²) in [7, 11) is 0. The molecule has 0 saturated carbocycles. The third kappa shape index (κ3) is 2.40. The number of aromatic nitrogens is 1. The van der Waals surface area contributed by atoms with Crippen LogP contribution in [0.15, 0.2) is 36.4 Å². The van der Waals surface area contributed by atoms with Crippen molar-refractivity contribution in [2.24, 2.45) is 0 Å². The quantitative estimate of drug-likeness (QED) is 0.671. The number of carbonyl (C=O) groups is 1. The van der Waals surface area contributed by atoms with Crippen LogP contribution in [0.3, 0.4) is 0 Å². The Labute approximate surface area is 108 Å². The van der Waals surface area contributed by atoms with E-state index in [1.165, 1.54) is 6.07 Å². The van der Waals surface area contributed by atoms with E-state index in [-0.39, 0.29) is 22.3 Å². The van der Waals surface area contributed by atoms with Crippen LogP contribution in [0.4, 0.5) is 5.69 Å². The number of halogens is 2. The molecule has 1 aromatic carbocycles. The molecule has 0 spiro atoms. The van der Waals surface area contributed by atoms with Gasteiger partial charge in [-0.2, -0.15) is 0 Å². The van der Waals surface area contributed by atoms with Crippen LogP contribution in [-0.4, -0.2) is 10.8 Å². The van der Waals surface area contributed by atoms with E-state index in [9.17, 15) is 4.79 Å². The lowest BCUT2D eigenvalue weighted by atomic mass is 10.1. The molecule has 1 heterocycles. The summed E-state index contributed by atoms with van der Waals surface area (Å²) in [5.74, 6) is -0.337. The van der Waals surface area contributed by atoms with Crippen LogP contribution in [0, 0.1) is 0 Å². The number of nitrogen functional groups attached to an aromatic ring is 1. The van der Waals surface area contributed by atoms with Gasteiger partial charge >= 0.3 is 0 Å². The van der Waals surface area contributed by atoms with Crippen molar-refractivity contribution in [2.45, 2.75) is 0 Å². The number of nitrogens with zero attached hydrogens (tertiary/aromatic N) is 1. The Kier molecular flexibility index (Phi) is 3.31. The van der Waals surface area contributed by atoms with Gasteiger partial charge in [0.25, 0.3) is 0 Å². The van der Waals surface area contributed by atoms with Gasteiger partial charge in [-0.25, -0.2) is 4.98 Å². The first kappa shape index (κ1) is 11.9. The van der Waals surface area contributed by atoms with Gasteiger partial charge in [0.1, 0.15) is 10.8 Å². The highest BCUT2D eigenvalue weighted by Gasteiger charge is 2.16. The summed E-state index contributed by atoms with van der Waals surface area (Å²) >= 11 is 11.7. The number of hydrogen-bond donors (Lipinski definition) is 1. The van der Waals surface area contributed by atoms with Gasteiger partial charge in [0.2, 0.25) is 5.78 Å². The molecule has 0 aliphatic rings. The van der Waals surface area contributed by atoms with Gasteiger partial charge in [-0.15, -0.1) is 0 Å². The van der Waals surface area contributed by atoms with Gasteiger partial charge in [0.15, 0.2) is 0 Å². The van der Waals surface area contributed by atoms with E-state index in [0.29, 0.717) is 10.6 Å². The number of ketones is 1. The van der Waals surface area contributed by atoms with Crippen molar-refractivity contribution in [1.29, 1.82) is 0 Å². The number of anilines is 1. The first-order chi connectivity index (χ1) is 8.09. The zero-order valence-electron chi connectivity index (χ0n) is 8.65. The minimum absolute atomic E-state index is 0.116. The number of hydrogen-bond acceptors (Lipinski definition) is 3. The van der Waals surface area contributed by atoms with E-state index >= 15 is 0 Å². The van der Waals surface area contributed by atoms with Crippen molar-refractivity contribution < 1.29 is 4.79 Å². The van der Waals surface area contributed by atoms with E-state index in [1.807, 2.05) is 0 Å². The molecule has 2 aromatic rings. The molecule has 0 fully saturated rings. The predicted molar refractivity (Wildman–Crippen MR) is 68.5 cm³/mol. The smallest absolute Gasteiger partial charge is 0.215 e. The first-order valence-corrected chi connectivity index (χ1v) is 5.56. The lowest BCUT2D eigenvalue weighted by Crippen LogP contribution is -2.08. The Morgan fingerprint density at radius 3 is 2.53 bits per heavy atom. The molecule has 0 aliphatic carbocycles. The standard InChI is InChI=1S/C12H8Cl2N2O/c13-8-4-2-1-3-7(8)12(17)11-9(15)5-6-10(14)16-11/h1-6H,15H2. The third-order valence-corrected chi connectivity index (χ3v) is 2.77. The SMILES string of the molecule is Nc1ccc(Cl)nc1C(=O)c1ccccc1Cl. The van der Waals surface area contributed by atoms with E-state index < -0.39 is 0 Å². The van der Waals surface area contributed by atoms with Crippen LogP contribution in [0.25, 0.3) is 0 Å². The summed E-state index contributed by atoms with van der Waals surface area (Å²) in [5.41, 5.74) is 6.44. The number of pyridine rings is 1. The number of benzene rings is 1. The fourth-order valence-corrected chi connectivity index (χ4v) is 1.77. The molecule has 5 heteroatoms. The van der Waals surface area contributed by atoms with Gasteiger partial charge in [-0.1, -0.05) is 35.3 Å². The van der Waals surface area contributed by atoms with Crippen molar-refractivity contribution in [3.05, 3.63) is 57.8 Å². The fraction of sp³-hybridized carbons (Fsp3) is 0. The lowest BCUT2D eigenvalue weighted by Gasteiger charge is -2.05. The summed E-state index contributed by atoms with van der Waals surface area (Å²) in [6.45, 7) is 0. The maximum absolute atomic E-state index is 12.2. The molecule has 1 aromatic heterocycles. The summed E-state index contributed by atoms with van der Waals surface area (Å²) in [6.07, 6.45) is 0. The second-order valence-electron chi connectivity index (χ2n) is 3.38. The molecule has 0 aliphatic heterocycles. The summed E-state index contributed by atoms with van der Waals surface area (Å²) in [6, 6.07) is 9.79. The van der Waals surface area contributed by atoms with Crippen molar-refractivity contribution >= 4 is 34.7 Å². The molecule has 2 N–H and O–H groups in total. The molecule has 86 valence electrons. The molecule has 0 atom stereocenters. The van der Waals surface area contributed by atoms with Crippen molar-refractivity contribution in [2.75, 3.05) is 5.73 Å². The minimum atomic E-state index is -0.337. The van der Waals surface area contributed by atoms with Crippen LogP contribution in [0.1, 0.15) is 16.1 Å². The summed E-state index contributed by atoms with van der Waals surface area (Å²) in [4.78, 5) is 16.1. The molecule has 2 rings (SSSR count). The number of nitrogens with two attached hydrogens (primary N) is 1. The van der Waals surface area contributed by atoms with E-state index in [0.717, 1.165) is 0 Å². The molecule has 0 bridgehead atoms. The molecule has 17 heavy (non-hydrogen) atoms. The summed E-state index contributed by atoms with van der Waals surface area (Å²) in [5, 5.41) is 0.577. The van der Waals surface area contributed by atoms with Gasteiger partial charge in [0.05, 0.1) is 10.7 Å². The van der Waals surface area contributed by atoms with Crippen LogP contribution >= 0.6 is 23.2 Å². The molecule has 0 saturated heterocycles. The molecule has 0 radical (unpaired) electrons. The topological polar surface area (TPSA) is 56.0 Å². The molecule has 0 unspecified atom stereocenters. The molecular formula is C12H8Cl2N2O. The van der Waals surface area contributed by atoms with E-state index in [4.69, 9.17) is 28.9 Å². The van der Waals surface area contributed by atoms with Crippen LogP contribution in [0.2, 0.25) is 10.2 Å². The monoisotopic (exact) mass is 266 g/mol. The highest BCUT2D eigenvalue weighted by molar-refractivity contribution is 6.35. The average molecular weight is 267 g/mol. The van der Waals surface area contributed by atoms with Gasteiger partial charge in [0, 0.05) is 5.56 Å². The molecule has 0 amide bonds. The zero-order chi connectivity index (χ0) is 12.4. The average Bonchev–Trinajstić information content (AvgIpc) is 2.32. The van der Waals surface area contributed by atoms with Crippen LogP contribution < -0.4 is 5.73 Å². The maximum Gasteiger partial charge on any atom is 0.215 e. The van der Waals surface area contributed by atoms with Gasteiger partial charge in [-0.05, 0) is 24.3 Å². The molecule has 3 nitrogen and oxygen atoms in total. The Bertz CT molecular complexity index is 584. The normalized spacial score (nSPS) is 10.2. The van der Waals surface area contributed by atoms with E-state index in [1.54, 1.807) is 30.3 Å². The predicted octanol–water partition coefficient (Wildman–Crippen LogP) is 3.20. The highest BCUT2D eigenvalue weighted by atomic mass is 35.5. The second kappa shape index (κ2) is 4.73. The maximum atomic E-state index is 12.2. The van der Waals surface area contributed by atoms with Crippen LogP contribution in [-0.2, 0) is 0 Å². The van der Waals surface area contributed by atoms with Crippen molar-refractivity contribution in [3.8, 4) is 0 Å². The first-order valence-electron chi connectivity index (χ1n) is 4.81. The lowest BCUT2D eigenvalue weighted by molar-refractivity contribution is 0.103. The third-order valence-electron chi connectivity index (χ3n) is 2.23. The number of carbonyl (C=O) groups excluding carboxylic acids is 1. The molecular weight excluding hydrogens is 259 g/mol. The highest BCUT2D eigenvalue weighted by Crippen LogP contribution is 2.22. The van der Waals surface area contributed by atoms with E-state index in [2.05, 4.69) is 4.98 Å². The Morgan fingerprint density at radius 1 is 1.12 bits per heavy atom. The summed E-state index contributed by atoms with van der Waals surface area (Å²) < 4.78 is 0. The minimum Gasteiger partial charge on any atom is -0.397 e. The van der Waals surface area contributed by atoms with Gasteiger partial charge < -0.3 is 5.73 Å². The van der Waals surface area contributed by atoms with Gasteiger partial charge in [-0.3, -0.25) is 4.79 Å². The second-order valence-corrected chi connectivity index (χ2v) is 4.18. The number of rotatable bonds is 2. The Balaban J connectivity index is 2.51. The van der Waals surface area contributed by atoms with Crippen LogP contribution in [0.5, 0.6) is 0 Å². The zero-order valence-corrected chi connectivity index (χ0v) is 10.2.